The number of hydrogen-bond donors (Lipinski definition) is 1. The first kappa shape index (κ1) is 9.66. The van der Waals surface area contributed by atoms with Crippen LogP contribution in [0.5, 0.6) is 0 Å². The lowest BCUT2D eigenvalue weighted by Gasteiger charge is -1.79. The molecule has 0 aliphatic rings. The predicted molar refractivity (Wildman–Crippen MR) is 25.8 cm³/mol. The lowest BCUT2D eigenvalue weighted by atomic mass is 10.4. The molecule has 7 heavy (non-hydrogen) atoms. The molecule has 0 aromatic heterocycles. The molecule has 0 amide bonds. The van der Waals surface area contributed by atoms with Crippen molar-refractivity contribution in [2.24, 2.45) is 0 Å². The van der Waals surface area contributed by atoms with Crippen molar-refractivity contribution in [1.29, 1.82) is 0 Å². The highest BCUT2D eigenvalue weighted by atomic mass is 16.4. The monoisotopic (exact) mass is 105 g/mol. The zero-order valence-corrected chi connectivity index (χ0v) is 4.14. The van der Waals surface area contributed by atoms with E-state index in [1.54, 1.807) is 13.3 Å². The lowest BCUT2D eigenvalue weighted by molar-refractivity contribution is -0.136. The zero-order chi connectivity index (χ0) is 4.99. The van der Waals surface area contributed by atoms with Gasteiger partial charge in [0.2, 0.25) is 0 Å². The molecule has 0 bridgehead atoms. The number of carboxylic acids is 1. The summed E-state index contributed by atoms with van der Waals surface area (Å²) in [7, 11) is 0. The molecule has 0 aliphatic heterocycles. The maximum Gasteiger partial charge on any atom is 0.303 e. The van der Waals surface area contributed by atoms with Gasteiger partial charge < -0.3 is 10.6 Å². The smallest absolute Gasteiger partial charge is 0.303 e. The minimum Gasteiger partial charge on any atom is -0.481 e. The van der Waals surface area contributed by atoms with Crippen LogP contribution in [0.2, 0.25) is 0 Å². The number of hydrogen-bond acceptors (Lipinski definition) is 1. The molecule has 0 aliphatic carbocycles. The number of carbonyl (C=O) groups is 1. The Hall–Kier alpha value is -0.570. The number of aliphatic carboxylic acids is 1. The molecule has 3 heteroatoms. The van der Waals surface area contributed by atoms with Crippen molar-refractivity contribution < 1.29 is 15.4 Å². The molecular formula is C4H9O3. The third-order valence-electron chi connectivity index (χ3n) is 0.379. The standard InChI is InChI=1S/C4H7O2.H2O/c1-2-3-4(5)6;/h2H,3H2,1H3,(H,5,6);1H2. The highest BCUT2D eigenvalue weighted by molar-refractivity contribution is 5.67. The van der Waals surface area contributed by atoms with Crippen molar-refractivity contribution in [2.75, 3.05) is 0 Å². The largest absolute Gasteiger partial charge is 0.481 e. The Morgan fingerprint density at radius 1 is 1.86 bits per heavy atom. The van der Waals surface area contributed by atoms with E-state index in [0.29, 0.717) is 0 Å². The summed E-state index contributed by atoms with van der Waals surface area (Å²) in [4.78, 5) is 9.57. The van der Waals surface area contributed by atoms with E-state index in [1.807, 2.05) is 0 Å². The maximum absolute atomic E-state index is 9.57. The molecule has 43 valence electrons. The number of carboxylic acid groups (broad SMARTS) is 1. The summed E-state index contributed by atoms with van der Waals surface area (Å²) in [6.07, 6.45) is 1.77. The van der Waals surface area contributed by atoms with Crippen molar-refractivity contribution in [3.63, 3.8) is 0 Å². The molecule has 0 saturated carbocycles. The molecule has 0 aromatic carbocycles. The van der Waals surface area contributed by atoms with Gasteiger partial charge in [0.15, 0.2) is 0 Å². The summed E-state index contributed by atoms with van der Waals surface area (Å²) in [5, 5.41) is 7.88. The quantitative estimate of drug-likeness (QED) is 0.531. The predicted octanol–water partition coefficient (Wildman–Crippen LogP) is -0.139. The summed E-state index contributed by atoms with van der Waals surface area (Å²) in [6.45, 7) is 1.72. The lowest BCUT2D eigenvalue weighted by Crippen LogP contribution is -1.90. The molecule has 0 saturated heterocycles. The van der Waals surface area contributed by atoms with Crippen molar-refractivity contribution in [3.8, 4) is 0 Å². The Kier molecular flexibility index (Phi) is 7.49. The normalized spacial score (nSPS) is 7.00. The SMILES string of the molecule is C[CH]CC(=O)O.O. The van der Waals surface area contributed by atoms with Gasteiger partial charge in [-0.05, 0) is 6.42 Å². The Bertz CT molecular complexity index is 50.9. The second kappa shape index (κ2) is 5.43. The Balaban J connectivity index is 0. The molecule has 3 N–H and O–H groups in total. The van der Waals surface area contributed by atoms with Crippen LogP contribution >= 0.6 is 0 Å². The Morgan fingerprint density at radius 3 is 2.29 bits per heavy atom. The van der Waals surface area contributed by atoms with Crippen molar-refractivity contribution in [2.45, 2.75) is 13.3 Å². The van der Waals surface area contributed by atoms with Gasteiger partial charge in [-0.1, -0.05) is 6.92 Å². The van der Waals surface area contributed by atoms with E-state index in [2.05, 4.69) is 0 Å². The van der Waals surface area contributed by atoms with E-state index >= 15 is 0 Å². The van der Waals surface area contributed by atoms with Crippen LogP contribution in [0.4, 0.5) is 0 Å². The van der Waals surface area contributed by atoms with E-state index in [-0.39, 0.29) is 11.9 Å². The summed E-state index contributed by atoms with van der Waals surface area (Å²) in [5.41, 5.74) is 0. The van der Waals surface area contributed by atoms with Crippen LogP contribution in [0.1, 0.15) is 13.3 Å². The van der Waals surface area contributed by atoms with Crippen molar-refractivity contribution >= 4 is 5.97 Å². The van der Waals surface area contributed by atoms with Crippen LogP contribution in [-0.4, -0.2) is 16.6 Å². The average molecular weight is 105 g/mol. The van der Waals surface area contributed by atoms with Crippen LogP contribution in [0.25, 0.3) is 0 Å². The topological polar surface area (TPSA) is 68.8 Å². The zero-order valence-electron chi connectivity index (χ0n) is 4.14. The molecule has 0 fully saturated rings. The highest BCUT2D eigenvalue weighted by Crippen LogP contribution is 1.80. The fourth-order valence-corrected chi connectivity index (χ4v) is 0.175. The molecular weight excluding hydrogens is 96.0 g/mol. The van der Waals surface area contributed by atoms with Crippen molar-refractivity contribution in [1.82, 2.24) is 0 Å². The van der Waals surface area contributed by atoms with Gasteiger partial charge in [-0.2, -0.15) is 0 Å². The van der Waals surface area contributed by atoms with Gasteiger partial charge in [0.25, 0.3) is 0 Å². The summed E-state index contributed by atoms with van der Waals surface area (Å²) >= 11 is 0. The molecule has 0 spiro atoms. The molecule has 0 unspecified atom stereocenters. The summed E-state index contributed by atoms with van der Waals surface area (Å²) in [6, 6.07) is 0. The van der Waals surface area contributed by atoms with Crippen LogP contribution in [-0.2, 0) is 4.79 Å². The van der Waals surface area contributed by atoms with E-state index in [9.17, 15) is 4.79 Å². The van der Waals surface area contributed by atoms with Crippen LogP contribution in [0.15, 0.2) is 0 Å². The Morgan fingerprint density at radius 2 is 2.29 bits per heavy atom. The third kappa shape index (κ3) is 10.8. The second-order valence-electron chi connectivity index (χ2n) is 1.01. The second-order valence-corrected chi connectivity index (χ2v) is 1.01. The molecule has 3 nitrogen and oxygen atoms in total. The van der Waals surface area contributed by atoms with Crippen LogP contribution < -0.4 is 0 Å². The number of rotatable bonds is 2. The summed E-state index contributed by atoms with van der Waals surface area (Å²) in [5.74, 6) is -0.766. The minimum atomic E-state index is -0.766. The van der Waals surface area contributed by atoms with Crippen LogP contribution in [0, 0.1) is 6.42 Å². The van der Waals surface area contributed by atoms with Gasteiger partial charge in [0.1, 0.15) is 0 Å². The third-order valence-corrected chi connectivity index (χ3v) is 0.379. The van der Waals surface area contributed by atoms with Gasteiger partial charge in [-0.25, -0.2) is 0 Å². The summed E-state index contributed by atoms with van der Waals surface area (Å²) < 4.78 is 0. The first-order valence-electron chi connectivity index (χ1n) is 1.77. The molecule has 0 aromatic rings. The maximum atomic E-state index is 9.57. The fraction of sp³-hybridized carbons (Fsp3) is 0.500. The van der Waals surface area contributed by atoms with Gasteiger partial charge in [-0.3, -0.25) is 4.79 Å². The van der Waals surface area contributed by atoms with Crippen LogP contribution in [0.3, 0.4) is 0 Å². The van der Waals surface area contributed by atoms with Gasteiger partial charge in [0.05, 0.1) is 0 Å². The fourth-order valence-electron chi connectivity index (χ4n) is 0.175. The van der Waals surface area contributed by atoms with Gasteiger partial charge in [-0.15, -0.1) is 0 Å². The molecule has 1 radical (unpaired) electrons. The van der Waals surface area contributed by atoms with Gasteiger partial charge >= 0.3 is 5.97 Å². The highest BCUT2D eigenvalue weighted by Gasteiger charge is 1.87. The van der Waals surface area contributed by atoms with Gasteiger partial charge in [0, 0.05) is 6.42 Å². The molecule has 0 atom stereocenters. The molecule has 0 heterocycles. The Labute approximate surface area is 42.3 Å². The first-order valence-corrected chi connectivity index (χ1v) is 1.77. The molecule has 0 rings (SSSR count). The minimum absolute atomic E-state index is 0. The van der Waals surface area contributed by atoms with E-state index in [0.717, 1.165) is 0 Å². The first-order chi connectivity index (χ1) is 2.77. The van der Waals surface area contributed by atoms with E-state index in [1.165, 1.54) is 0 Å². The van der Waals surface area contributed by atoms with E-state index in [4.69, 9.17) is 5.11 Å². The average Bonchev–Trinajstić information content (AvgIpc) is 1.35. The van der Waals surface area contributed by atoms with E-state index < -0.39 is 5.97 Å². The van der Waals surface area contributed by atoms with Crippen molar-refractivity contribution in [3.05, 3.63) is 6.42 Å².